The van der Waals surface area contributed by atoms with Crippen LogP contribution in [0.15, 0.2) is 72.8 Å². The quantitative estimate of drug-likeness (QED) is 0.257. The largest absolute Gasteiger partial charge is 0.428 e. The van der Waals surface area contributed by atoms with Crippen LogP contribution in [0.25, 0.3) is 11.1 Å². The second-order valence-electron chi connectivity index (χ2n) is 10.1. The van der Waals surface area contributed by atoms with E-state index >= 15 is 8.78 Å². The number of hydrogen-bond acceptors (Lipinski definition) is 1. The van der Waals surface area contributed by atoms with Gasteiger partial charge in [-0.1, -0.05) is 87.9 Å². The van der Waals surface area contributed by atoms with Crippen LogP contribution >= 0.6 is 0 Å². The molecule has 0 radical (unpaired) electrons. The molecule has 0 amide bonds. The molecule has 1 nitrogen and oxygen atoms in total. The van der Waals surface area contributed by atoms with Gasteiger partial charge >= 0.3 is 12.3 Å². The van der Waals surface area contributed by atoms with Crippen LogP contribution in [0, 0.1) is 11.8 Å². The molecule has 0 aromatic heterocycles. The highest BCUT2D eigenvalue weighted by atomic mass is 19.4. The molecule has 0 heterocycles. The van der Waals surface area contributed by atoms with Gasteiger partial charge < -0.3 is 4.74 Å². The van der Waals surface area contributed by atoms with E-state index in [1.807, 2.05) is 0 Å². The summed E-state index contributed by atoms with van der Waals surface area (Å²) in [6.07, 6.45) is 1.55. The number of hydrogen-bond donors (Lipinski definition) is 0. The monoisotopic (exact) mass is 516 g/mol. The number of ether oxygens (including phenoxy) is 1. The summed E-state index contributed by atoms with van der Waals surface area (Å²) >= 11 is 0. The summed E-state index contributed by atoms with van der Waals surface area (Å²) in [5.41, 5.74) is 0.614. The molecule has 4 rings (SSSR count). The fraction of sp³-hybridized carbons (Fsp3) is 0.419. The van der Waals surface area contributed by atoms with Crippen molar-refractivity contribution in [2.75, 3.05) is 0 Å². The predicted octanol–water partition coefficient (Wildman–Crippen LogP) is 10.0. The highest BCUT2D eigenvalue weighted by molar-refractivity contribution is 5.70. The van der Waals surface area contributed by atoms with Crippen molar-refractivity contribution < 1.29 is 26.7 Å². The molecular weight excluding hydrogens is 483 g/mol. The van der Waals surface area contributed by atoms with E-state index in [4.69, 9.17) is 4.74 Å². The Balaban J connectivity index is 1.40. The Labute approximate surface area is 215 Å². The average molecular weight is 517 g/mol. The zero-order chi connectivity index (χ0) is 26.5. The molecule has 1 fully saturated rings. The number of aryl methyl sites for hydroxylation is 1. The van der Waals surface area contributed by atoms with Crippen LogP contribution in [0.4, 0.5) is 22.0 Å². The molecule has 0 saturated heterocycles. The fourth-order valence-corrected chi connectivity index (χ4v) is 5.28. The maximum absolute atomic E-state index is 15.1. The molecule has 0 bridgehead atoms. The van der Waals surface area contributed by atoms with E-state index in [9.17, 15) is 13.2 Å². The first-order valence-electron chi connectivity index (χ1n) is 13.1. The van der Waals surface area contributed by atoms with Crippen molar-refractivity contribution in [3.05, 3.63) is 89.5 Å². The molecule has 0 N–H and O–H groups in total. The summed E-state index contributed by atoms with van der Waals surface area (Å²) in [5.74, 6) is 1.47. The van der Waals surface area contributed by atoms with Gasteiger partial charge in [-0.3, -0.25) is 0 Å². The molecule has 0 atom stereocenters. The molecule has 3 aromatic carbocycles. The number of halogens is 5. The first-order valence-corrected chi connectivity index (χ1v) is 13.1. The highest BCUT2D eigenvalue weighted by Crippen LogP contribution is 2.39. The van der Waals surface area contributed by atoms with Gasteiger partial charge in [0.2, 0.25) is 0 Å². The molecule has 1 aliphatic rings. The van der Waals surface area contributed by atoms with E-state index in [2.05, 4.69) is 6.92 Å². The van der Waals surface area contributed by atoms with Crippen molar-refractivity contribution in [2.24, 2.45) is 11.8 Å². The van der Waals surface area contributed by atoms with Gasteiger partial charge in [-0.05, 0) is 66.1 Å². The SMILES string of the molecule is CCC[C@H]1CC[C@H](CCc2ccc(C(F)(F)Oc3ccccc3-c3ccc(C(F)(F)F)cc3)cc2)CC1. The second kappa shape index (κ2) is 11.7. The third-order valence-electron chi connectivity index (χ3n) is 7.44. The summed E-state index contributed by atoms with van der Waals surface area (Å²) in [6, 6.07) is 16.8. The molecule has 0 aliphatic heterocycles. The Morgan fingerprint density at radius 2 is 1.27 bits per heavy atom. The van der Waals surface area contributed by atoms with E-state index in [-0.39, 0.29) is 11.3 Å². The van der Waals surface area contributed by atoms with E-state index in [0.29, 0.717) is 17.0 Å². The molecule has 6 heteroatoms. The summed E-state index contributed by atoms with van der Waals surface area (Å²) in [4.78, 5) is 0. The van der Waals surface area contributed by atoms with Crippen molar-refractivity contribution in [1.82, 2.24) is 0 Å². The normalized spacial score (nSPS) is 18.5. The van der Waals surface area contributed by atoms with Crippen LogP contribution < -0.4 is 4.74 Å². The van der Waals surface area contributed by atoms with Crippen LogP contribution in [-0.4, -0.2) is 0 Å². The minimum Gasteiger partial charge on any atom is -0.428 e. The van der Waals surface area contributed by atoms with Crippen molar-refractivity contribution in [2.45, 2.75) is 70.6 Å². The van der Waals surface area contributed by atoms with Gasteiger partial charge in [-0.15, -0.1) is 0 Å². The van der Waals surface area contributed by atoms with Crippen molar-refractivity contribution in [3.8, 4) is 16.9 Å². The molecule has 3 aromatic rings. The lowest BCUT2D eigenvalue weighted by Gasteiger charge is -2.28. The van der Waals surface area contributed by atoms with Crippen molar-refractivity contribution in [3.63, 3.8) is 0 Å². The molecule has 37 heavy (non-hydrogen) atoms. The Hall–Kier alpha value is -2.89. The number of benzene rings is 3. The number of alkyl halides is 5. The van der Waals surface area contributed by atoms with Gasteiger partial charge in [-0.2, -0.15) is 22.0 Å². The van der Waals surface area contributed by atoms with Gasteiger partial charge in [0, 0.05) is 5.56 Å². The van der Waals surface area contributed by atoms with Gasteiger partial charge in [0.1, 0.15) is 5.75 Å². The van der Waals surface area contributed by atoms with Crippen LogP contribution in [-0.2, 0) is 18.7 Å². The van der Waals surface area contributed by atoms with Crippen LogP contribution in [0.2, 0.25) is 0 Å². The minimum atomic E-state index is -4.47. The van der Waals surface area contributed by atoms with Crippen molar-refractivity contribution in [1.29, 1.82) is 0 Å². The lowest BCUT2D eigenvalue weighted by molar-refractivity contribution is -0.185. The molecule has 198 valence electrons. The Morgan fingerprint density at radius 1 is 0.703 bits per heavy atom. The average Bonchev–Trinajstić information content (AvgIpc) is 2.88. The predicted molar refractivity (Wildman–Crippen MR) is 137 cm³/mol. The highest BCUT2D eigenvalue weighted by Gasteiger charge is 2.35. The maximum Gasteiger partial charge on any atom is 0.426 e. The zero-order valence-corrected chi connectivity index (χ0v) is 21.0. The molecular formula is C31H33F5O. The lowest BCUT2D eigenvalue weighted by atomic mass is 9.78. The Bertz CT molecular complexity index is 1130. The summed E-state index contributed by atoms with van der Waals surface area (Å²) in [5, 5.41) is 0. The lowest BCUT2D eigenvalue weighted by Crippen LogP contribution is -2.22. The Kier molecular flexibility index (Phi) is 8.56. The summed E-state index contributed by atoms with van der Waals surface area (Å²) in [6.45, 7) is 2.24. The zero-order valence-electron chi connectivity index (χ0n) is 21.0. The molecule has 0 spiro atoms. The fourth-order valence-electron chi connectivity index (χ4n) is 5.28. The van der Waals surface area contributed by atoms with Crippen LogP contribution in [0.1, 0.15) is 68.6 Å². The summed E-state index contributed by atoms with van der Waals surface area (Å²) < 4.78 is 74.0. The van der Waals surface area contributed by atoms with Gasteiger partial charge in [0.15, 0.2) is 0 Å². The first kappa shape index (κ1) is 27.2. The minimum absolute atomic E-state index is 0.102. The Morgan fingerprint density at radius 3 is 1.86 bits per heavy atom. The smallest absolute Gasteiger partial charge is 0.426 e. The van der Waals surface area contributed by atoms with E-state index in [0.717, 1.165) is 36.5 Å². The first-order chi connectivity index (χ1) is 17.7. The number of rotatable bonds is 9. The summed E-state index contributed by atoms with van der Waals surface area (Å²) in [7, 11) is 0. The number of para-hydroxylation sites is 1. The third kappa shape index (κ3) is 7.12. The third-order valence-corrected chi connectivity index (χ3v) is 7.44. The second-order valence-corrected chi connectivity index (χ2v) is 10.1. The molecule has 1 saturated carbocycles. The van der Waals surface area contributed by atoms with E-state index in [1.54, 1.807) is 30.3 Å². The van der Waals surface area contributed by atoms with Gasteiger partial charge in [-0.25, -0.2) is 0 Å². The standard InChI is InChI=1S/C31H33F5O/c1-2-5-22-8-10-23(11-9-22)12-13-24-14-18-27(19-15-24)31(35,36)37-29-7-4-3-6-28(29)25-16-20-26(21-17-25)30(32,33)34/h3-4,6-7,14-23H,2,5,8-13H2,1H3/t22-,23-. The topological polar surface area (TPSA) is 9.23 Å². The van der Waals surface area contributed by atoms with Gasteiger partial charge in [0.25, 0.3) is 0 Å². The van der Waals surface area contributed by atoms with E-state index in [1.165, 1.54) is 68.9 Å². The van der Waals surface area contributed by atoms with E-state index < -0.39 is 17.8 Å². The van der Waals surface area contributed by atoms with Crippen molar-refractivity contribution >= 4 is 0 Å². The van der Waals surface area contributed by atoms with Gasteiger partial charge in [0.05, 0.1) is 11.1 Å². The molecule has 1 aliphatic carbocycles. The maximum atomic E-state index is 15.1. The molecule has 0 unspecified atom stereocenters. The van der Waals surface area contributed by atoms with Crippen LogP contribution in [0.5, 0.6) is 5.75 Å². The van der Waals surface area contributed by atoms with Crippen LogP contribution in [0.3, 0.4) is 0 Å².